The van der Waals surface area contributed by atoms with E-state index >= 15 is 0 Å². The molecule has 5 fully saturated rings. The summed E-state index contributed by atoms with van der Waals surface area (Å²) in [7, 11) is 0. The third-order valence-electron chi connectivity index (χ3n) is 7.33. The van der Waals surface area contributed by atoms with Gasteiger partial charge in [0.25, 0.3) is 0 Å². The average Bonchev–Trinajstić information content (AvgIpc) is 3.07. The zero-order chi connectivity index (χ0) is 9.41. The van der Waals surface area contributed by atoms with Crippen LogP contribution in [0.4, 0.5) is 0 Å². The van der Waals surface area contributed by atoms with Crippen LogP contribution in [0.25, 0.3) is 0 Å². The second-order valence-corrected chi connectivity index (χ2v) is 7.54. The summed E-state index contributed by atoms with van der Waals surface area (Å²) in [5, 5.41) is 0. The molecule has 2 spiro atoms. The molecule has 0 aromatic heterocycles. The predicted octanol–water partition coefficient (Wildman–Crippen LogP) is 3.24. The first kappa shape index (κ1) is 7.14. The minimum atomic E-state index is 0.771. The molecule has 2 bridgehead atoms. The molecule has 0 saturated heterocycles. The molecule has 0 unspecified atom stereocenters. The summed E-state index contributed by atoms with van der Waals surface area (Å²) in [5.41, 5.74) is 1.70. The van der Waals surface area contributed by atoms with Crippen molar-refractivity contribution in [1.82, 2.24) is 0 Å². The summed E-state index contributed by atoms with van der Waals surface area (Å²) in [6.07, 6.45) is 13.3. The van der Waals surface area contributed by atoms with Crippen molar-refractivity contribution in [1.29, 1.82) is 0 Å². The molecular weight excluding hydrogens is 180 g/mol. The number of hydrogen-bond donors (Lipinski definition) is 0. The summed E-state index contributed by atoms with van der Waals surface area (Å²) >= 11 is 0. The third kappa shape index (κ3) is 0.531. The first-order chi connectivity index (χ1) is 7.36. The van der Waals surface area contributed by atoms with E-state index in [4.69, 9.17) is 0 Å². The second kappa shape index (κ2) is 1.65. The molecule has 6 aliphatic rings. The summed E-state index contributed by atoms with van der Waals surface area (Å²) in [4.78, 5) is 0. The molecule has 6 rings (SSSR count). The van der Waals surface area contributed by atoms with Crippen molar-refractivity contribution in [3.8, 4) is 0 Å². The topological polar surface area (TPSA) is 0 Å². The Hall–Kier alpha value is -0.260. The minimum absolute atomic E-state index is 0.771. The van der Waals surface area contributed by atoms with Gasteiger partial charge in [0.15, 0.2) is 0 Å². The molecular formula is C15H18. The SMILES string of the molecule is C1=CC2(CC2)[C@H]2[C@@H]1[C@@H]1[C@@H]3C[C@@H]3[C@@H]2C12CC2. The molecule has 6 aliphatic carbocycles. The highest BCUT2D eigenvalue weighted by Crippen LogP contribution is 2.88. The van der Waals surface area contributed by atoms with E-state index < -0.39 is 0 Å². The Balaban J connectivity index is 1.60. The van der Waals surface area contributed by atoms with Gasteiger partial charge < -0.3 is 0 Å². The zero-order valence-corrected chi connectivity index (χ0v) is 9.15. The molecule has 0 heterocycles. The van der Waals surface area contributed by atoms with Crippen molar-refractivity contribution < 1.29 is 0 Å². The molecule has 0 aromatic carbocycles. The number of fused-ring (bicyclic) bond motifs is 7. The van der Waals surface area contributed by atoms with Crippen LogP contribution in [0.2, 0.25) is 0 Å². The van der Waals surface area contributed by atoms with Crippen molar-refractivity contribution in [2.75, 3.05) is 0 Å². The van der Waals surface area contributed by atoms with Crippen LogP contribution >= 0.6 is 0 Å². The first-order valence-corrected chi connectivity index (χ1v) is 7.05. The van der Waals surface area contributed by atoms with Gasteiger partial charge in [-0.05, 0) is 78.4 Å². The molecule has 0 aromatic rings. The van der Waals surface area contributed by atoms with Crippen LogP contribution in [0.1, 0.15) is 32.1 Å². The van der Waals surface area contributed by atoms with Crippen LogP contribution < -0.4 is 0 Å². The van der Waals surface area contributed by atoms with Crippen LogP contribution in [0.3, 0.4) is 0 Å². The van der Waals surface area contributed by atoms with Gasteiger partial charge in [-0.1, -0.05) is 12.2 Å². The van der Waals surface area contributed by atoms with Gasteiger partial charge in [0.05, 0.1) is 0 Å². The smallest absolute Gasteiger partial charge is 0.00806 e. The van der Waals surface area contributed by atoms with Crippen LogP contribution in [-0.4, -0.2) is 0 Å². The average molecular weight is 198 g/mol. The molecule has 5 saturated carbocycles. The quantitative estimate of drug-likeness (QED) is 0.524. The second-order valence-electron chi connectivity index (χ2n) is 7.54. The van der Waals surface area contributed by atoms with Crippen LogP contribution in [0, 0.1) is 46.3 Å². The maximum absolute atomic E-state index is 2.68. The van der Waals surface area contributed by atoms with E-state index in [9.17, 15) is 0 Å². The number of rotatable bonds is 0. The highest BCUT2D eigenvalue weighted by Gasteiger charge is 2.82. The summed E-state index contributed by atoms with van der Waals surface area (Å²) in [5.74, 6) is 7.01. The molecule has 0 N–H and O–H groups in total. The largest absolute Gasteiger partial charge is 0.0842 e. The van der Waals surface area contributed by atoms with E-state index in [1.807, 2.05) is 0 Å². The fourth-order valence-electron chi connectivity index (χ4n) is 6.74. The summed E-state index contributed by atoms with van der Waals surface area (Å²) in [6, 6.07) is 0. The lowest BCUT2D eigenvalue weighted by molar-refractivity contribution is 0.196. The minimum Gasteiger partial charge on any atom is -0.0842 e. The van der Waals surface area contributed by atoms with Gasteiger partial charge in [-0.3, -0.25) is 0 Å². The third-order valence-corrected chi connectivity index (χ3v) is 7.33. The van der Waals surface area contributed by atoms with E-state index in [0.29, 0.717) is 0 Å². The first-order valence-electron chi connectivity index (χ1n) is 7.05. The fourth-order valence-corrected chi connectivity index (χ4v) is 6.74. The normalized spacial score (nSPS) is 66.1. The van der Waals surface area contributed by atoms with Crippen molar-refractivity contribution in [2.24, 2.45) is 46.3 Å². The Labute approximate surface area is 91.1 Å². The van der Waals surface area contributed by atoms with Crippen molar-refractivity contribution in [2.45, 2.75) is 32.1 Å². The van der Waals surface area contributed by atoms with E-state index in [-0.39, 0.29) is 0 Å². The van der Waals surface area contributed by atoms with Gasteiger partial charge in [0.2, 0.25) is 0 Å². The van der Waals surface area contributed by atoms with Gasteiger partial charge in [0, 0.05) is 0 Å². The molecule has 15 heavy (non-hydrogen) atoms. The van der Waals surface area contributed by atoms with Crippen molar-refractivity contribution in [3.05, 3.63) is 12.2 Å². The van der Waals surface area contributed by atoms with Gasteiger partial charge in [-0.15, -0.1) is 0 Å². The Morgan fingerprint density at radius 3 is 2.40 bits per heavy atom. The Morgan fingerprint density at radius 2 is 1.67 bits per heavy atom. The van der Waals surface area contributed by atoms with E-state index in [1.165, 1.54) is 23.7 Å². The van der Waals surface area contributed by atoms with Gasteiger partial charge >= 0.3 is 0 Å². The fraction of sp³-hybridized carbons (Fsp3) is 0.867. The van der Waals surface area contributed by atoms with Crippen molar-refractivity contribution >= 4 is 0 Å². The van der Waals surface area contributed by atoms with E-state index in [1.54, 1.807) is 32.1 Å². The maximum atomic E-state index is 2.68. The lowest BCUT2D eigenvalue weighted by Crippen LogP contribution is -2.25. The molecule has 0 radical (unpaired) electrons. The van der Waals surface area contributed by atoms with Crippen molar-refractivity contribution in [3.63, 3.8) is 0 Å². The predicted molar refractivity (Wildman–Crippen MR) is 58.0 cm³/mol. The summed E-state index contributed by atoms with van der Waals surface area (Å²) in [6.45, 7) is 0. The highest BCUT2D eigenvalue weighted by atomic mass is 14.9. The van der Waals surface area contributed by atoms with Crippen LogP contribution in [0.15, 0.2) is 12.2 Å². The maximum Gasteiger partial charge on any atom is -0.00806 e. The number of allylic oxidation sites excluding steroid dienone is 2. The molecule has 0 amide bonds. The zero-order valence-electron chi connectivity index (χ0n) is 9.15. The van der Waals surface area contributed by atoms with E-state index in [0.717, 1.165) is 22.7 Å². The number of hydrogen-bond acceptors (Lipinski definition) is 0. The summed E-state index contributed by atoms with van der Waals surface area (Å²) < 4.78 is 0. The van der Waals surface area contributed by atoms with Crippen LogP contribution in [0.5, 0.6) is 0 Å². The highest BCUT2D eigenvalue weighted by molar-refractivity contribution is 5.37. The lowest BCUT2D eigenvalue weighted by atomic mass is 9.75. The van der Waals surface area contributed by atoms with Gasteiger partial charge in [-0.25, -0.2) is 0 Å². The molecule has 0 aliphatic heterocycles. The van der Waals surface area contributed by atoms with Gasteiger partial charge in [0.1, 0.15) is 0 Å². The van der Waals surface area contributed by atoms with E-state index in [2.05, 4.69) is 12.2 Å². The Bertz CT molecular complexity index is 410. The van der Waals surface area contributed by atoms with Gasteiger partial charge in [-0.2, -0.15) is 0 Å². The van der Waals surface area contributed by atoms with Crippen LogP contribution in [-0.2, 0) is 0 Å². The Kier molecular flexibility index (Phi) is 0.787. The Morgan fingerprint density at radius 1 is 0.867 bits per heavy atom. The molecule has 0 heteroatoms. The standard InChI is InChI=1S/C15H18/c1-2-14(3-4-14)12-8(1)11-9-7-10(9)13(12)15(11)5-6-15/h1-2,8-13H,3-7H2/t8-,9+,10-,11+,12-,13-/m0/s1. The lowest BCUT2D eigenvalue weighted by Gasteiger charge is -2.29. The molecule has 0 nitrogen and oxygen atoms in total. The molecule has 78 valence electrons. The molecule has 6 atom stereocenters. The monoisotopic (exact) mass is 198 g/mol.